The van der Waals surface area contributed by atoms with Crippen molar-refractivity contribution in [1.29, 1.82) is 0 Å². The van der Waals surface area contributed by atoms with Crippen molar-refractivity contribution in [2.75, 3.05) is 0 Å². The number of hydrogen-bond acceptors (Lipinski definition) is 2. The maximum Gasteiger partial charge on any atom is 0.182 e. The van der Waals surface area contributed by atoms with Crippen LogP contribution in [0.1, 0.15) is 16.7 Å². The van der Waals surface area contributed by atoms with Gasteiger partial charge in [-0.05, 0) is 25.0 Å². The van der Waals surface area contributed by atoms with Gasteiger partial charge in [0, 0.05) is 6.42 Å². The van der Waals surface area contributed by atoms with Gasteiger partial charge in [0.15, 0.2) is 13.3 Å². The molecule has 0 bridgehead atoms. The molecule has 2 nitrogen and oxygen atoms in total. The van der Waals surface area contributed by atoms with E-state index in [0.717, 1.165) is 16.7 Å². The topological polar surface area (TPSA) is 34.1 Å². The third-order valence-corrected chi connectivity index (χ3v) is 5.17. The van der Waals surface area contributed by atoms with Crippen molar-refractivity contribution in [3.8, 4) is 0 Å². The summed E-state index contributed by atoms with van der Waals surface area (Å²) in [4.78, 5) is 0. The molecule has 15 heavy (non-hydrogen) atoms. The minimum atomic E-state index is -2.56. The summed E-state index contributed by atoms with van der Waals surface area (Å²) >= 11 is 6.32. The third kappa shape index (κ3) is 3.57. The van der Waals surface area contributed by atoms with Crippen LogP contribution in [0.25, 0.3) is 0 Å². The lowest BCUT2D eigenvalue weighted by Crippen LogP contribution is -2.17. The lowest BCUT2D eigenvalue weighted by atomic mass is 10.0. The molecule has 0 aliphatic carbocycles. The van der Waals surface area contributed by atoms with Gasteiger partial charge < -0.3 is 0 Å². The molecule has 0 fully saturated rings. The van der Waals surface area contributed by atoms with E-state index in [1.807, 2.05) is 32.0 Å². The number of rotatable bonds is 3. The van der Waals surface area contributed by atoms with Gasteiger partial charge in [0.1, 0.15) is 0 Å². The van der Waals surface area contributed by atoms with Gasteiger partial charge in [-0.25, -0.2) is 8.42 Å². The van der Waals surface area contributed by atoms with E-state index in [1.54, 1.807) is 0 Å². The molecule has 0 atom stereocenters. The van der Waals surface area contributed by atoms with Crippen molar-refractivity contribution in [3.05, 3.63) is 34.9 Å². The molecule has 0 aromatic heterocycles. The zero-order chi connectivity index (χ0) is 11.6. The molecular formula is C10H12Br2O2S. The molecule has 0 saturated carbocycles. The Kier molecular flexibility index (Phi) is 4.38. The quantitative estimate of drug-likeness (QED) is 0.668. The maximum atomic E-state index is 11.0. The number of alkyl halides is 2. The molecule has 0 N–H and O–H groups in total. The Morgan fingerprint density at radius 2 is 1.87 bits per heavy atom. The normalized spacial score (nSPS) is 12.1. The molecule has 1 rings (SSSR count). The van der Waals surface area contributed by atoms with Crippen LogP contribution in [0.5, 0.6) is 0 Å². The van der Waals surface area contributed by atoms with Crippen molar-refractivity contribution in [2.45, 2.75) is 22.8 Å². The number of benzene rings is 1. The van der Waals surface area contributed by atoms with Crippen LogP contribution in [0.2, 0.25) is 0 Å². The van der Waals surface area contributed by atoms with E-state index in [1.165, 1.54) is 0 Å². The molecule has 0 saturated heterocycles. The highest BCUT2D eigenvalue weighted by molar-refractivity contribution is 9.27. The van der Waals surface area contributed by atoms with Crippen molar-refractivity contribution in [2.24, 2.45) is 0 Å². The van der Waals surface area contributed by atoms with Crippen molar-refractivity contribution in [1.82, 2.24) is 0 Å². The average Bonchev–Trinajstić information content (AvgIpc) is 2.10. The Bertz CT molecular complexity index is 431. The summed E-state index contributed by atoms with van der Waals surface area (Å²) in [6.07, 6.45) is 0.416. The second-order valence-corrected chi connectivity index (χ2v) is 9.80. The SMILES string of the molecule is Cc1ccc(C)c(CC(Br)(Br)[SH](=O)=O)c1. The van der Waals surface area contributed by atoms with E-state index in [2.05, 4.69) is 31.9 Å². The van der Waals surface area contributed by atoms with Crippen LogP contribution < -0.4 is 0 Å². The first-order valence-electron chi connectivity index (χ1n) is 4.41. The highest BCUT2D eigenvalue weighted by atomic mass is 79.9. The van der Waals surface area contributed by atoms with Crippen molar-refractivity contribution in [3.63, 3.8) is 0 Å². The van der Waals surface area contributed by atoms with Crippen LogP contribution in [0.4, 0.5) is 0 Å². The molecule has 1 aromatic carbocycles. The standard InChI is InChI=1S/C10H12Br2O2S/c1-7-3-4-8(2)9(5-7)6-10(11,12)15(13)14/h3-5,15H,6H2,1-2H3. The molecule has 0 spiro atoms. The summed E-state index contributed by atoms with van der Waals surface area (Å²) in [5.41, 5.74) is 3.26. The third-order valence-electron chi connectivity index (χ3n) is 2.17. The monoisotopic (exact) mass is 354 g/mol. The minimum absolute atomic E-state index is 0.416. The Morgan fingerprint density at radius 3 is 2.40 bits per heavy atom. The molecule has 0 aliphatic heterocycles. The van der Waals surface area contributed by atoms with E-state index in [-0.39, 0.29) is 0 Å². The molecule has 0 unspecified atom stereocenters. The first-order valence-corrected chi connectivity index (χ1v) is 7.18. The maximum absolute atomic E-state index is 11.0. The molecule has 0 heterocycles. The lowest BCUT2D eigenvalue weighted by Gasteiger charge is -2.15. The summed E-state index contributed by atoms with van der Waals surface area (Å²) < 4.78 is 20.9. The van der Waals surface area contributed by atoms with Crippen molar-refractivity contribution < 1.29 is 8.42 Å². The molecule has 5 heteroatoms. The van der Waals surface area contributed by atoms with Gasteiger partial charge in [-0.3, -0.25) is 0 Å². The van der Waals surface area contributed by atoms with E-state index < -0.39 is 13.3 Å². The molecule has 0 radical (unpaired) electrons. The van der Waals surface area contributed by atoms with Crippen LogP contribution in [-0.2, 0) is 17.1 Å². The Morgan fingerprint density at radius 1 is 1.27 bits per heavy atom. The predicted octanol–water partition coefficient (Wildman–Crippen LogP) is 2.90. The summed E-state index contributed by atoms with van der Waals surface area (Å²) in [6, 6.07) is 6.02. The van der Waals surface area contributed by atoms with Crippen molar-refractivity contribution >= 4 is 42.6 Å². The summed E-state index contributed by atoms with van der Waals surface area (Å²) in [7, 11) is -2.56. The fourth-order valence-electron chi connectivity index (χ4n) is 1.28. The molecular weight excluding hydrogens is 344 g/mol. The van der Waals surface area contributed by atoms with Gasteiger partial charge in [0.05, 0.1) is 0 Å². The second-order valence-electron chi connectivity index (χ2n) is 3.53. The summed E-state index contributed by atoms with van der Waals surface area (Å²) in [6.45, 7) is 3.97. The number of thiol groups is 1. The van der Waals surface area contributed by atoms with Gasteiger partial charge in [0.2, 0.25) is 0 Å². The fourth-order valence-corrected chi connectivity index (χ4v) is 2.19. The van der Waals surface area contributed by atoms with Gasteiger partial charge in [-0.1, -0.05) is 55.6 Å². The first-order chi connectivity index (χ1) is 6.83. The van der Waals surface area contributed by atoms with Crippen LogP contribution >= 0.6 is 31.9 Å². The fraction of sp³-hybridized carbons (Fsp3) is 0.400. The Hall–Kier alpha value is 0.130. The lowest BCUT2D eigenvalue weighted by molar-refractivity contribution is 0.609. The van der Waals surface area contributed by atoms with Gasteiger partial charge >= 0.3 is 0 Å². The van der Waals surface area contributed by atoms with E-state index in [4.69, 9.17) is 0 Å². The number of halogens is 2. The van der Waals surface area contributed by atoms with Gasteiger partial charge in [0.25, 0.3) is 0 Å². The van der Waals surface area contributed by atoms with Gasteiger partial charge in [-0.15, -0.1) is 0 Å². The molecule has 1 aromatic rings. The second kappa shape index (κ2) is 4.97. The smallest absolute Gasteiger partial charge is 0.182 e. The summed E-state index contributed by atoms with van der Waals surface area (Å²) in [5, 5.41) is 0. The highest BCUT2D eigenvalue weighted by Crippen LogP contribution is 2.32. The molecule has 0 amide bonds. The summed E-state index contributed by atoms with van der Waals surface area (Å²) in [5.74, 6) is 0. The number of aryl methyl sites for hydroxylation is 2. The highest BCUT2D eigenvalue weighted by Gasteiger charge is 2.27. The van der Waals surface area contributed by atoms with Crippen LogP contribution in [-0.4, -0.2) is 11.0 Å². The average molecular weight is 356 g/mol. The molecule has 84 valence electrons. The first kappa shape index (κ1) is 13.2. The Labute approximate surface area is 108 Å². The zero-order valence-electron chi connectivity index (χ0n) is 8.46. The van der Waals surface area contributed by atoms with E-state index in [0.29, 0.717) is 6.42 Å². The Balaban J connectivity index is 3.04. The largest absolute Gasteiger partial charge is 0.230 e. The van der Waals surface area contributed by atoms with E-state index in [9.17, 15) is 8.42 Å². The van der Waals surface area contributed by atoms with E-state index >= 15 is 0 Å². The number of hydrogen-bond donors (Lipinski definition) is 1. The predicted molar refractivity (Wildman–Crippen MR) is 70.5 cm³/mol. The van der Waals surface area contributed by atoms with Crippen LogP contribution in [0.3, 0.4) is 0 Å². The zero-order valence-corrected chi connectivity index (χ0v) is 12.5. The molecule has 0 aliphatic rings. The van der Waals surface area contributed by atoms with Gasteiger partial charge in [-0.2, -0.15) is 0 Å². The van der Waals surface area contributed by atoms with Crippen LogP contribution in [0.15, 0.2) is 18.2 Å². The van der Waals surface area contributed by atoms with Crippen LogP contribution in [0, 0.1) is 13.8 Å². The minimum Gasteiger partial charge on any atom is -0.230 e.